The fraction of sp³-hybridized carbons (Fsp3) is 0.643. The number of aryl methyl sites for hydroxylation is 1. The van der Waals surface area contributed by atoms with E-state index in [9.17, 15) is 8.78 Å². The van der Waals surface area contributed by atoms with Crippen molar-refractivity contribution in [3.05, 3.63) is 23.9 Å². The van der Waals surface area contributed by atoms with Crippen LogP contribution in [0.25, 0.3) is 0 Å². The van der Waals surface area contributed by atoms with Gasteiger partial charge in [-0.3, -0.25) is 0 Å². The Morgan fingerprint density at radius 3 is 2.50 bits per heavy atom. The van der Waals surface area contributed by atoms with Gasteiger partial charge in [0.15, 0.2) is 0 Å². The predicted molar refractivity (Wildman–Crippen MR) is 76.3 cm³/mol. The van der Waals surface area contributed by atoms with E-state index in [1.165, 1.54) is 0 Å². The number of likely N-dealkylation sites (N-methyl/N-ethyl adjacent to an activating group) is 1. The molecule has 112 valence electrons. The molecule has 2 rings (SSSR count). The number of anilines is 1. The number of rotatable bonds is 5. The number of halogens is 2. The lowest BCUT2D eigenvalue weighted by molar-refractivity contribution is 0.00245. The van der Waals surface area contributed by atoms with Crippen molar-refractivity contribution in [1.29, 1.82) is 0 Å². The summed E-state index contributed by atoms with van der Waals surface area (Å²) >= 11 is 0. The normalized spacial score (nSPS) is 17.5. The van der Waals surface area contributed by atoms with Crippen LogP contribution in [0.5, 0.6) is 0 Å². The fourth-order valence-electron chi connectivity index (χ4n) is 2.22. The SMILES string of the molecule is CN1CCN(c2ccc(CCC(F)(F)CN)cn2)CC1. The molecule has 1 aromatic heterocycles. The van der Waals surface area contributed by atoms with Crippen LogP contribution in [0.1, 0.15) is 12.0 Å². The van der Waals surface area contributed by atoms with E-state index in [2.05, 4.69) is 21.8 Å². The molecular formula is C14H22F2N4. The van der Waals surface area contributed by atoms with Crippen LogP contribution >= 0.6 is 0 Å². The molecule has 0 aliphatic carbocycles. The van der Waals surface area contributed by atoms with Crippen molar-refractivity contribution in [2.24, 2.45) is 5.73 Å². The third kappa shape index (κ3) is 4.11. The zero-order chi connectivity index (χ0) is 14.6. The third-order valence-corrected chi connectivity index (χ3v) is 3.71. The highest BCUT2D eigenvalue weighted by molar-refractivity contribution is 5.39. The average Bonchev–Trinajstić information content (AvgIpc) is 2.47. The molecule has 0 saturated carbocycles. The Morgan fingerprint density at radius 1 is 1.25 bits per heavy atom. The van der Waals surface area contributed by atoms with E-state index >= 15 is 0 Å². The summed E-state index contributed by atoms with van der Waals surface area (Å²) in [6, 6.07) is 3.80. The van der Waals surface area contributed by atoms with Crippen molar-refractivity contribution in [3.63, 3.8) is 0 Å². The Kier molecular flexibility index (Phi) is 4.88. The van der Waals surface area contributed by atoms with Crippen molar-refractivity contribution < 1.29 is 8.78 Å². The van der Waals surface area contributed by atoms with Crippen LogP contribution in [0.3, 0.4) is 0 Å². The quantitative estimate of drug-likeness (QED) is 0.887. The Labute approximate surface area is 118 Å². The van der Waals surface area contributed by atoms with Gasteiger partial charge in [0.05, 0.1) is 6.54 Å². The lowest BCUT2D eigenvalue weighted by Crippen LogP contribution is -2.44. The molecule has 0 atom stereocenters. The maximum absolute atomic E-state index is 13.1. The Hall–Kier alpha value is -1.27. The van der Waals surface area contributed by atoms with E-state index in [4.69, 9.17) is 5.73 Å². The van der Waals surface area contributed by atoms with E-state index in [-0.39, 0.29) is 6.42 Å². The summed E-state index contributed by atoms with van der Waals surface area (Å²) in [6.07, 6.45) is 1.78. The monoisotopic (exact) mass is 284 g/mol. The van der Waals surface area contributed by atoms with Gasteiger partial charge < -0.3 is 15.5 Å². The highest BCUT2D eigenvalue weighted by atomic mass is 19.3. The van der Waals surface area contributed by atoms with Crippen LogP contribution in [0.2, 0.25) is 0 Å². The van der Waals surface area contributed by atoms with Crippen LogP contribution < -0.4 is 10.6 Å². The van der Waals surface area contributed by atoms with Crippen LogP contribution in [-0.4, -0.2) is 55.6 Å². The lowest BCUT2D eigenvalue weighted by atomic mass is 10.1. The first kappa shape index (κ1) is 15.1. The minimum absolute atomic E-state index is 0.223. The summed E-state index contributed by atoms with van der Waals surface area (Å²) in [7, 11) is 2.10. The first-order chi connectivity index (χ1) is 9.50. The summed E-state index contributed by atoms with van der Waals surface area (Å²) in [5, 5.41) is 0. The van der Waals surface area contributed by atoms with Crippen LogP contribution in [0.4, 0.5) is 14.6 Å². The minimum atomic E-state index is -2.78. The Morgan fingerprint density at radius 2 is 1.95 bits per heavy atom. The second kappa shape index (κ2) is 6.45. The number of nitrogens with two attached hydrogens (primary N) is 1. The maximum atomic E-state index is 13.1. The van der Waals surface area contributed by atoms with Crippen molar-refractivity contribution in [2.75, 3.05) is 44.7 Å². The van der Waals surface area contributed by atoms with Gasteiger partial charge in [-0.05, 0) is 25.1 Å². The summed E-state index contributed by atoms with van der Waals surface area (Å²) in [5.41, 5.74) is 5.86. The van der Waals surface area contributed by atoms with Crippen LogP contribution in [-0.2, 0) is 6.42 Å². The molecule has 0 unspecified atom stereocenters. The van der Waals surface area contributed by atoms with Crippen molar-refractivity contribution >= 4 is 5.82 Å². The van der Waals surface area contributed by atoms with E-state index in [0.717, 1.165) is 37.6 Å². The van der Waals surface area contributed by atoms with Gasteiger partial charge in [-0.1, -0.05) is 6.07 Å². The second-order valence-electron chi connectivity index (χ2n) is 5.38. The molecule has 4 nitrogen and oxygen atoms in total. The molecule has 1 saturated heterocycles. The molecule has 0 aromatic carbocycles. The molecule has 0 spiro atoms. The lowest BCUT2D eigenvalue weighted by Gasteiger charge is -2.33. The molecular weight excluding hydrogens is 262 g/mol. The number of piperazine rings is 1. The van der Waals surface area contributed by atoms with Gasteiger partial charge in [0.25, 0.3) is 5.92 Å². The first-order valence-corrected chi connectivity index (χ1v) is 6.96. The zero-order valence-corrected chi connectivity index (χ0v) is 11.9. The smallest absolute Gasteiger partial charge is 0.260 e. The highest BCUT2D eigenvalue weighted by Crippen LogP contribution is 2.20. The van der Waals surface area contributed by atoms with Gasteiger partial charge in [-0.15, -0.1) is 0 Å². The Bertz CT molecular complexity index is 414. The molecule has 0 bridgehead atoms. The largest absolute Gasteiger partial charge is 0.354 e. The molecule has 0 amide bonds. The maximum Gasteiger partial charge on any atom is 0.260 e. The average molecular weight is 284 g/mol. The number of pyridine rings is 1. The van der Waals surface area contributed by atoms with Gasteiger partial charge in [-0.25, -0.2) is 13.8 Å². The molecule has 0 radical (unpaired) electrons. The fourth-order valence-corrected chi connectivity index (χ4v) is 2.22. The molecule has 2 N–H and O–H groups in total. The van der Waals surface area contributed by atoms with E-state index < -0.39 is 12.5 Å². The van der Waals surface area contributed by atoms with Crippen molar-refractivity contribution in [1.82, 2.24) is 9.88 Å². The molecule has 1 fully saturated rings. The van der Waals surface area contributed by atoms with Gasteiger partial charge in [0, 0.05) is 38.8 Å². The number of hydrogen-bond acceptors (Lipinski definition) is 4. The number of hydrogen-bond donors (Lipinski definition) is 1. The Balaban J connectivity index is 1.90. The van der Waals surface area contributed by atoms with E-state index in [1.807, 2.05) is 12.1 Å². The van der Waals surface area contributed by atoms with Gasteiger partial charge in [-0.2, -0.15) is 0 Å². The number of aromatic nitrogens is 1. The van der Waals surface area contributed by atoms with Gasteiger partial charge >= 0.3 is 0 Å². The highest BCUT2D eigenvalue weighted by Gasteiger charge is 2.26. The van der Waals surface area contributed by atoms with E-state index in [1.54, 1.807) is 6.20 Å². The second-order valence-corrected chi connectivity index (χ2v) is 5.38. The van der Waals surface area contributed by atoms with Crippen LogP contribution in [0.15, 0.2) is 18.3 Å². The number of nitrogens with zero attached hydrogens (tertiary/aromatic N) is 3. The number of alkyl halides is 2. The standard InChI is InChI=1S/C14H22F2N4/c1-19-6-8-20(9-7-19)13-3-2-12(10-18-13)4-5-14(15,16)11-17/h2-3,10H,4-9,11,17H2,1H3. The third-order valence-electron chi connectivity index (χ3n) is 3.71. The van der Waals surface area contributed by atoms with Crippen molar-refractivity contribution in [2.45, 2.75) is 18.8 Å². The van der Waals surface area contributed by atoms with E-state index in [0.29, 0.717) is 6.42 Å². The molecule has 1 aromatic rings. The molecule has 20 heavy (non-hydrogen) atoms. The van der Waals surface area contributed by atoms with Gasteiger partial charge in [0.1, 0.15) is 5.82 Å². The molecule has 1 aliphatic rings. The summed E-state index contributed by atoms with van der Waals surface area (Å²) < 4.78 is 26.2. The topological polar surface area (TPSA) is 45.4 Å². The zero-order valence-electron chi connectivity index (χ0n) is 11.9. The van der Waals surface area contributed by atoms with Gasteiger partial charge in [0.2, 0.25) is 0 Å². The minimum Gasteiger partial charge on any atom is -0.354 e. The molecule has 6 heteroatoms. The summed E-state index contributed by atoms with van der Waals surface area (Å²) in [5.74, 6) is -1.86. The predicted octanol–water partition coefficient (Wildman–Crippen LogP) is 1.36. The van der Waals surface area contributed by atoms with Crippen LogP contribution in [0, 0.1) is 0 Å². The summed E-state index contributed by atoms with van der Waals surface area (Å²) in [4.78, 5) is 8.88. The molecule has 2 heterocycles. The molecule has 1 aliphatic heterocycles. The van der Waals surface area contributed by atoms with Crippen molar-refractivity contribution in [3.8, 4) is 0 Å². The first-order valence-electron chi connectivity index (χ1n) is 6.96. The summed E-state index contributed by atoms with van der Waals surface area (Å²) in [6.45, 7) is 3.35.